The molecule has 0 aliphatic carbocycles. The van der Waals surface area contributed by atoms with Crippen molar-refractivity contribution in [2.75, 3.05) is 18.8 Å². The van der Waals surface area contributed by atoms with E-state index in [1.54, 1.807) is 7.05 Å². The van der Waals surface area contributed by atoms with E-state index in [1.165, 1.54) is 23.0 Å². The Labute approximate surface area is 125 Å². The van der Waals surface area contributed by atoms with Crippen molar-refractivity contribution in [3.05, 3.63) is 24.0 Å². The Morgan fingerprint density at radius 2 is 2.14 bits per heavy atom. The van der Waals surface area contributed by atoms with Gasteiger partial charge < -0.3 is 9.88 Å². The van der Waals surface area contributed by atoms with Crippen LogP contribution in [0.1, 0.15) is 18.0 Å². The molecule has 2 rings (SSSR count). The predicted octanol–water partition coefficient (Wildman–Crippen LogP) is 0.780. The SMILES string of the molecule is Cn1ccc(C(NC(=O)CN2CCCS2(=O)=O)C(F)(F)F)c1. The molecule has 0 radical (unpaired) electrons. The first-order valence-electron chi connectivity index (χ1n) is 6.55. The fraction of sp³-hybridized carbons (Fsp3) is 0.583. The lowest BCUT2D eigenvalue weighted by atomic mass is 10.1. The number of hydrogen-bond acceptors (Lipinski definition) is 3. The van der Waals surface area contributed by atoms with Gasteiger partial charge in [0.2, 0.25) is 15.9 Å². The molecule has 10 heteroatoms. The monoisotopic (exact) mass is 339 g/mol. The minimum absolute atomic E-state index is 0.0817. The first-order chi connectivity index (χ1) is 10.1. The number of aromatic nitrogens is 1. The van der Waals surface area contributed by atoms with Crippen molar-refractivity contribution in [2.45, 2.75) is 18.6 Å². The fourth-order valence-corrected chi connectivity index (χ4v) is 3.76. The maximum atomic E-state index is 13.1. The summed E-state index contributed by atoms with van der Waals surface area (Å²) in [5.41, 5.74) is -0.104. The van der Waals surface area contributed by atoms with Crippen LogP contribution in [-0.4, -0.2) is 48.2 Å². The van der Waals surface area contributed by atoms with Gasteiger partial charge in [-0.25, -0.2) is 8.42 Å². The van der Waals surface area contributed by atoms with Crippen LogP contribution in [0.4, 0.5) is 13.2 Å². The van der Waals surface area contributed by atoms with E-state index in [4.69, 9.17) is 0 Å². The molecule has 1 N–H and O–H groups in total. The second-order valence-electron chi connectivity index (χ2n) is 5.16. The molecule has 1 saturated heterocycles. The van der Waals surface area contributed by atoms with Crippen molar-refractivity contribution >= 4 is 15.9 Å². The zero-order valence-corrected chi connectivity index (χ0v) is 12.6. The summed E-state index contributed by atoms with van der Waals surface area (Å²) < 4.78 is 64.7. The molecule has 124 valence electrons. The van der Waals surface area contributed by atoms with E-state index in [-0.39, 0.29) is 17.9 Å². The molecule has 0 spiro atoms. The summed E-state index contributed by atoms with van der Waals surface area (Å²) in [6.07, 6.45) is -1.60. The third kappa shape index (κ3) is 3.80. The van der Waals surface area contributed by atoms with Gasteiger partial charge in [0.05, 0.1) is 12.3 Å². The van der Waals surface area contributed by atoms with Gasteiger partial charge in [0.15, 0.2) is 6.04 Å². The van der Waals surface area contributed by atoms with Gasteiger partial charge in [-0.15, -0.1) is 0 Å². The molecular weight excluding hydrogens is 323 g/mol. The molecule has 0 saturated carbocycles. The minimum atomic E-state index is -4.67. The molecule has 1 aromatic rings. The summed E-state index contributed by atoms with van der Waals surface area (Å²) in [6.45, 7) is -0.445. The smallest absolute Gasteiger partial charge is 0.357 e. The largest absolute Gasteiger partial charge is 0.412 e. The van der Waals surface area contributed by atoms with Crippen molar-refractivity contribution < 1.29 is 26.4 Å². The molecule has 1 aliphatic rings. The highest BCUT2D eigenvalue weighted by molar-refractivity contribution is 7.89. The average Bonchev–Trinajstić information content (AvgIpc) is 2.92. The van der Waals surface area contributed by atoms with Gasteiger partial charge in [-0.2, -0.15) is 17.5 Å². The minimum Gasteiger partial charge on any atom is -0.357 e. The number of alkyl halides is 3. The van der Waals surface area contributed by atoms with Crippen molar-refractivity contribution in [3.63, 3.8) is 0 Å². The fourth-order valence-electron chi connectivity index (χ4n) is 2.29. The summed E-state index contributed by atoms with van der Waals surface area (Å²) in [5, 5.41) is 1.87. The second-order valence-corrected chi connectivity index (χ2v) is 7.24. The second kappa shape index (κ2) is 5.92. The van der Waals surface area contributed by atoms with E-state index in [9.17, 15) is 26.4 Å². The van der Waals surface area contributed by atoms with E-state index in [0.29, 0.717) is 6.42 Å². The molecule has 1 aliphatic heterocycles. The number of carbonyl (C=O) groups is 1. The molecule has 2 heterocycles. The van der Waals surface area contributed by atoms with Crippen LogP contribution >= 0.6 is 0 Å². The van der Waals surface area contributed by atoms with Crippen molar-refractivity contribution in [1.82, 2.24) is 14.2 Å². The van der Waals surface area contributed by atoms with Gasteiger partial charge in [0.1, 0.15) is 0 Å². The molecular formula is C12H16F3N3O3S. The lowest BCUT2D eigenvalue weighted by Gasteiger charge is -2.22. The Hall–Kier alpha value is -1.55. The Balaban J connectivity index is 2.09. The van der Waals surface area contributed by atoms with E-state index < -0.39 is 34.7 Å². The number of rotatable bonds is 4. The van der Waals surface area contributed by atoms with Crippen LogP contribution in [0, 0.1) is 0 Å². The average molecular weight is 339 g/mol. The lowest BCUT2D eigenvalue weighted by molar-refractivity contribution is -0.163. The number of aryl methyl sites for hydroxylation is 1. The van der Waals surface area contributed by atoms with Crippen LogP contribution in [0.5, 0.6) is 0 Å². The highest BCUT2D eigenvalue weighted by Gasteiger charge is 2.42. The zero-order chi connectivity index (χ0) is 16.5. The van der Waals surface area contributed by atoms with Gasteiger partial charge in [-0.05, 0) is 12.5 Å². The highest BCUT2D eigenvalue weighted by atomic mass is 32.2. The number of amides is 1. The van der Waals surface area contributed by atoms with E-state index >= 15 is 0 Å². The van der Waals surface area contributed by atoms with Gasteiger partial charge in [-0.3, -0.25) is 4.79 Å². The summed E-state index contributed by atoms with van der Waals surface area (Å²) >= 11 is 0. The topological polar surface area (TPSA) is 71.4 Å². The Kier molecular flexibility index (Phi) is 4.52. The molecule has 1 atom stereocenters. The number of halogens is 3. The van der Waals surface area contributed by atoms with Crippen LogP contribution in [0.15, 0.2) is 18.5 Å². The normalized spacial score (nSPS) is 20.0. The summed E-state index contributed by atoms with van der Waals surface area (Å²) in [4.78, 5) is 11.8. The highest BCUT2D eigenvalue weighted by Crippen LogP contribution is 2.32. The number of hydrogen-bond donors (Lipinski definition) is 1. The predicted molar refractivity (Wildman–Crippen MR) is 72.3 cm³/mol. The molecule has 22 heavy (non-hydrogen) atoms. The van der Waals surface area contributed by atoms with Crippen molar-refractivity contribution in [2.24, 2.45) is 7.05 Å². The van der Waals surface area contributed by atoms with Crippen molar-refractivity contribution in [3.8, 4) is 0 Å². The van der Waals surface area contributed by atoms with Crippen molar-refractivity contribution in [1.29, 1.82) is 0 Å². The first kappa shape index (κ1) is 16.8. The van der Waals surface area contributed by atoms with E-state index in [0.717, 1.165) is 4.31 Å². The molecule has 0 aromatic carbocycles. The number of sulfonamides is 1. The maximum Gasteiger partial charge on any atom is 0.412 e. The lowest BCUT2D eigenvalue weighted by Crippen LogP contribution is -2.43. The molecule has 0 bridgehead atoms. The van der Waals surface area contributed by atoms with Crippen LogP contribution < -0.4 is 5.32 Å². The van der Waals surface area contributed by atoms with Crippen LogP contribution in [-0.2, 0) is 21.9 Å². The Bertz CT molecular complexity index is 654. The summed E-state index contributed by atoms with van der Waals surface area (Å²) in [6, 6.07) is -0.906. The molecule has 6 nitrogen and oxygen atoms in total. The van der Waals surface area contributed by atoms with Gasteiger partial charge in [-0.1, -0.05) is 0 Å². The van der Waals surface area contributed by atoms with Crippen LogP contribution in [0.25, 0.3) is 0 Å². The van der Waals surface area contributed by atoms with Crippen LogP contribution in [0.3, 0.4) is 0 Å². The quantitative estimate of drug-likeness (QED) is 0.881. The third-order valence-electron chi connectivity index (χ3n) is 3.34. The number of nitrogens with one attached hydrogen (secondary N) is 1. The van der Waals surface area contributed by atoms with Crippen LogP contribution in [0.2, 0.25) is 0 Å². The first-order valence-corrected chi connectivity index (χ1v) is 8.16. The maximum absolute atomic E-state index is 13.1. The van der Waals surface area contributed by atoms with Gasteiger partial charge in [0, 0.05) is 31.5 Å². The van der Waals surface area contributed by atoms with E-state index in [1.807, 2.05) is 5.32 Å². The Morgan fingerprint density at radius 3 is 2.59 bits per heavy atom. The summed E-state index contributed by atoms with van der Waals surface area (Å²) in [7, 11) is -1.96. The number of carbonyl (C=O) groups excluding carboxylic acids is 1. The number of nitrogens with zero attached hydrogens (tertiary/aromatic N) is 2. The zero-order valence-electron chi connectivity index (χ0n) is 11.8. The van der Waals surface area contributed by atoms with E-state index in [2.05, 4.69) is 0 Å². The third-order valence-corrected chi connectivity index (χ3v) is 5.25. The molecule has 1 aromatic heterocycles. The van der Waals surface area contributed by atoms with Gasteiger partial charge in [0.25, 0.3) is 0 Å². The standard InChI is InChI=1S/C12H16F3N3O3S/c1-17-5-3-9(7-17)11(12(13,14)15)16-10(19)8-18-4-2-6-22(18,20)21/h3,5,7,11H,2,4,6,8H2,1H3,(H,16,19). The summed E-state index contributed by atoms with van der Waals surface area (Å²) in [5.74, 6) is -1.06. The molecule has 1 unspecified atom stereocenters. The molecule has 1 amide bonds. The molecule has 1 fully saturated rings. The van der Waals surface area contributed by atoms with Gasteiger partial charge >= 0.3 is 6.18 Å². The Morgan fingerprint density at radius 1 is 1.45 bits per heavy atom.